The maximum atomic E-state index is 9.26. The lowest BCUT2D eigenvalue weighted by Gasteiger charge is -2.28. The molecule has 3 heteroatoms. The fourth-order valence-corrected chi connectivity index (χ4v) is 1.53. The molecule has 1 aromatic carbocycles. The van der Waals surface area contributed by atoms with E-state index in [4.69, 9.17) is 9.47 Å². The van der Waals surface area contributed by atoms with Crippen LogP contribution < -0.4 is 4.74 Å². The van der Waals surface area contributed by atoms with Crippen LogP contribution in [-0.4, -0.2) is 11.4 Å². The van der Waals surface area contributed by atoms with Gasteiger partial charge in [-0.1, -0.05) is 0 Å². The van der Waals surface area contributed by atoms with E-state index in [-0.39, 0.29) is 18.1 Å². The number of phenolic OH excluding ortho intramolecular Hbond substituents is 1. The minimum atomic E-state index is -0.216. The third-order valence-corrected chi connectivity index (χ3v) is 2.12. The van der Waals surface area contributed by atoms with Gasteiger partial charge in [0.15, 0.2) is 6.29 Å². The Balaban J connectivity index is 2.43. The molecule has 0 fully saturated rings. The van der Waals surface area contributed by atoms with Crippen molar-refractivity contribution < 1.29 is 14.6 Å². The molecule has 0 amide bonds. The molecule has 0 saturated heterocycles. The summed E-state index contributed by atoms with van der Waals surface area (Å²) in [6.07, 6.45) is -0.238. The first-order valence-corrected chi connectivity index (χ1v) is 4.32. The Hall–Kier alpha value is -1.22. The fourth-order valence-electron chi connectivity index (χ4n) is 1.53. The van der Waals surface area contributed by atoms with Gasteiger partial charge in [0.25, 0.3) is 0 Å². The molecule has 2 atom stereocenters. The van der Waals surface area contributed by atoms with Crippen LogP contribution in [0.5, 0.6) is 11.5 Å². The summed E-state index contributed by atoms with van der Waals surface area (Å²) in [6.45, 7) is 3.80. The summed E-state index contributed by atoms with van der Waals surface area (Å²) in [4.78, 5) is 0. The van der Waals surface area contributed by atoms with Gasteiger partial charge in [0, 0.05) is 5.56 Å². The standard InChI is InChI=1S/C10H12O3/c1-6-9-5-8(11)3-4-10(9)13-7(2)12-6/h3-7,11H,1-2H3. The molecular weight excluding hydrogens is 168 g/mol. The predicted molar refractivity (Wildman–Crippen MR) is 47.7 cm³/mol. The monoisotopic (exact) mass is 180 g/mol. The first kappa shape index (κ1) is 8.38. The molecular formula is C10H12O3. The van der Waals surface area contributed by atoms with Gasteiger partial charge in [-0.25, -0.2) is 0 Å². The van der Waals surface area contributed by atoms with Crippen molar-refractivity contribution in [1.29, 1.82) is 0 Å². The molecule has 1 aromatic rings. The van der Waals surface area contributed by atoms with E-state index in [2.05, 4.69) is 0 Å². The van der Waals surface area contributed by atoms with Crippen LogP contribution in [-0.2, 0) is 4.74 Å². The van der Waals surface area contributed by atoms with Crippen molar-refractivity contribution in [3.05, 3.63) is 23.8 Å². The molecule has 3 nitrogen and oxygen atoms in total. The Morgan fingerprint density at radius 2 is 2.08 bits per heavy atom. The SMILES string of the molecule is CC1Oc2ccc(O)cc2C(C)O1. The molecule has 1 aliphatic rings. The van der Waals surface area contributed by atoms with Crippen molar-refractivity contribution in [2.24, 2.45) is 0 Å². The molecule has 13 heavy (non-hydrogen) atoms. The first-order valence-electron chi connectivity index (χ1n) is 4.32. The van der Waals surface area contributed by atoms with E-state index in [0.717, 1.165) is 11.3 Å². The molecule has 70 valence electrons. The zero-order valence-electron chi connectivity index (χ0n) is 7.65. The summed E-state index contributed by atoms with van der Waals surface area (Å²) in [5.74, 6) is 1.04. The largest absolute Gasteiger partial charge is 0.508 e. The van der Waals surface area contributed by atoms with Crippen molar-refractivity contribution in [2.75, 3.05) is 0 Å². The highest BCUT2D eigenvalue weighted by Gasteiger charge is 2.22. The quantitative estimate of drug-likeness (QED) is 0.665. The number of aromatic hydroxyl groups is 1. The number of hydrogen-bond acceptors (Lipinski definition) is 3. The second kappa shape index (κ2) is 2.92. The van der Waals surface area contributed by atoms with Crippen molar-refractivity contribution in [2.45, 2.75) is 26.2 Å². The summed E-state index contributed by atoms with van der Waals surface area (Å²) >= 11 is 0. The van der Waals surface area contributed by atoms with Gasteiger partial charge in [0.05, 0.1) is 6.10 Å². The zero-order chi connectivity index (χ0) is 9.42. The van der Waals surface area contributed by atoms with E-state index in [1.165, 1.54) is 0 Å². The average Bonchev–Trinajstić information content (AvgIpc) is 2.06. The number of phenols is 1. The summed E-state index contributed by atoms with van der Waals surface area (Å²) in [7, 11) is 0. The van der Waals surface area contributed by atoms with Crippen LogP contribution in [0.4, 0.5) is 0 Å². The summed E-state index contributed by atoms with van der Waals surface area (Å²) in [5, 5.41) is 9.26. The fraction of sp³-hybridized carbons (Fsp3) is 0.400. The second-order valence-electron chi connectivity index (χ2n) is 3.19. The van der Waals surface area contributed by atoms with Crippen molar-refractivity contribution in [3.63, 3.8) is 0 Å². The third kappa shape index (κ3) is 1.47. The van der Waals surface area contributed by atoms with Crippen LogP contribution in [0.1, 0.15) is 25.5 Å². The van der Waals surface area contributed by atoms with Gasteiger partial charge in [-0.05, 0) is 32.0 Å². The van der Waals surface area contributed by atoms with E-state index < -0.39 is 0 Å². The molecule has 0 bridgehead atoms. The lowest BCUT2D eigenvalue weighted by Crippen LogP contribution is -2.24. The number of hydrogen-bond donors (Lipinski definition) is 1. The summed E-state index contributed by atoms with van der Waals surface area (Å²) in [6, 6.07) is 5.05. The highest BCUT2D eigenvalue weighted by molar-refractivity contribution is 5.41. The molecule has 1 N–H and O–H groups in total. The Morgan fingerprint density at radius 1 is 1.31 bits per heavy atom. The number of benzene rings is 1. The van der Waals surface area contributed by atoms with Gasteiger partial charge in [-0.15, -0.1) is 0 Å². The molecule has 0 radical (unpaired) electrons. The van der Waals surface area contributed by atoms with Crippen LogP contribution in [0.3, 0.4) is 0 Å². The normalized spacial score (nSPS) is 26.3. The summed E-state index contributed by atoms with van der Waals surface area (Å²) in [5.41, 5.74) is 0.901. The summed E-state index contributed by atoms with van der Waals surface area (Å²) < 4.78 is 10.9. The molecule has 1 aliphatic heterocycles. The van der Waals surface area contributed by atoms with Gasteiger partial charge in [0.1, 0.15) is 11.5 Å². The van der Waals surface area contributed by atoms with Crippen molar-refractivity contribution in [1.82, 2.24) is 0 Å². The minimum Gasteiger partial charge on any atom is -0.508 e. The van der Waals surface area contributed by atoms with Crippen LogP contribution >= 0.6 is 0 Å². The molecule has 0 spiro atoms. The van der Waals surface area contributed by atoms with Gasteiger partial charge in [0.2, 0.25) is 0 Å². The first-order chi connectivity index (χ1) is 6.16. The van der Waals surface area contributed by atoms with Gasteiger partial charge < -0.3 is 14.6 Å². The lowest BCUT2D eigenvalue weighted by molar-refractivity contribution is -0.122. The molecule has 0 aromatic heterocycles. The van der Waals surface area contributed by atoms with Crippen LogP contribution in [0, 0.1) is 0 Å². The Morgan fingerprint density at radius 3 is 2.85 bits per heavy atom. The minimum absolute atomic E-state index is 0.0224. The Kier molecular flexibility index (Phi) is 1.88. The highest BCUT2D eigenvalue weighted by atomic mass is 16.7. The molecule has 1 heterocycles. The molecule has 2 rings (SSSR count). The maximum Gasteiger partial charge on any atom is 0.197 e. The lowest BCUT2D eigenvalue weighted by atomic mass is 10.1. The second-order valence-corrected chi connectivity index (χ2v) is 3.19. The number of fused-ring (bicyclic) bond motifs is 1. The van der Waals surface area contributed by atoms with Crippen LogP contribution in [0.15, 0.2) is 18.2 Å². The zero-order valence-corrected chi connectivity index (χ0v) is 7.65. The third-order valence-electron chi connectivity index (χ3n) is 2.12. The van der Waals surface area contributed by atoms with Crippen molar-refractivity contribution in [3.8, 4) is 11.5 Å². The smallest absolute Gasteiger partial charge is 0.197 e. The van der Waals surface area contributed by atoms with Gasteiger partial charge >= 0.3 is 0 Å². The van der Waals surface area contributed by atoms with E-state index in [1.807, 2.05) is 13.8 Å². The Labute approximate surface area is 76.9 Å². The Bertz CT molecular complexity index is 322. The maximum absolute atomic E-state index is 9.26. The van der Waals surface area contributed by atoms with E-state index in [9.17, 15) is 5.11 Å². The molecule has 0 aliphatic carbocycles. The average molecular weight is 180 g/mol. The van der Waals surface area contributed by atoms with E-state index in [1.54, 1.807) is 18.2 Å². The van der Waals surface area contributed by atoms with Crippen LogP contribution in [0.25, 0.3) is 0 Å². The predicted octanol–water partition coefficient (Wildman–Crippen LogP) is 2.21. The number of rotatable bonds is 0. The van der Waals surface area contributed by atoms with Gasteiger partial charge in [-0.2, -0.15) is 0 Å². The topological polar surface area (TPSA) is 38.7 Å². The molecule has 2 unspecified atom stereocenters. The molecule has 0 saturated carbocycles. The van der Waals surface area contributed by atoms with Crippen LogP contribution in [0.2, 0.25) is 0 Å². The van der Waals surface area contributed by atoms with E-state index >= 15 is 0 Å². The highest BCUT2D eigenvalue weighted by Crippen LogP contribution is 2.35. The van der Waals surface area contributed by atoms with E-state index in [0.29, 0.717) is 0 Å². The van der Waals surface area contributed by atoms with Gasteiger partial charge in [-0.3, -0.25) is 0 Å². The van der Waals surface area contributed by atoms with Crippen molar-refractivity contribution >= 4 is 0 Å². The number of ether oxygens (including phenoxy) is 2.